The molecular weight excluding hydrogens is 318 g/mol. The lowest BCUT2D eigenvalue weighted by atomic mass is 9.45. The monoisotopic (exact) mass is 359 g/mol. The van der Waals surface area contributed by atoms with Gasteiger partial charge in [-0.3, -0.25) is 0 Å². The normalized spacial score (nSPS) is 55.0. The van der Waals surface area contributed by atoms with Crippen LogP contribution in [-0.2, 0) is 0 Å². The molecular formula is C24H41NO. The number of fused-ring (bicyclic) bond motifs is 5. The van der Waals surface area contributed by atoms with Gasteiger partial charge in [0.15, 0.2) is 0 Å². The fraction of sp³-hybridized carbons (Fsp3) is 1.00. The first-order valence-electron chi connectivity index (χ1n) is 11.9. The maximum Gasteiger partial charge on any atom is 0.0596 e. The SMILES string of the molecule is C[C@]12CC[C@@H](N3CCCCC3)C[C@H]1CC[C@@H]1[C@@H]2CC[C@]2(C)[C@@H](O)CC[C@@H]12. The van der Waals surface area contributed by atoms with Crippen LogP contribution in [0.2, 0.25) is 0 Å². The van der Waals surface area contributed by atoms with Crippen molar-refractivity contribution in [2.75, 3.05) is 13.1 Å². The van der Waals surface area contributed by atoms with Crippen molar-refractivity contribution >= 4 is 0 Å². The van der Waals surface area contributed by atoms with Crippen LogP contribution in [0.25, 0.3) is 0 Å². The van der Waals surface area contributed by atoms with Crippen LogP contribution in [0.1, 0.15) is 90.9 Å². The molecule has 0 unspecified atom stereocenters. The molecule has 5 rings (SSSR count). The standard InChI is InChI=1S/C24H41NO/c1-23-12-10-18(25-14-4-3-5-15-25)16-17(23)6-7-19-20-8-9-22(26)24(20,2)13-11-21(19)23/h17-22,26H,3-16H2,1-2H3/t17-,18-,19+,20+,21+,22+,23+,24+/m1/s1. The van der Waals surface area contributed by atoms with Gasteiger partial charge in [0.1, 0.15) is 0 Å². The maximum absolute atomic E-state index is 10.6. The number of aliphatic hydroxyl groups excluding tert-OH is 1. The van der Waals surface area contributed by atoms with Crippen LogP contribution in [0, 0.1) is 34.5 Å². The number of piperidine rings is 1. The van der Waals surface area contributed by atoms with Crippen molar-refractivity contribution in [3.8, 4) is 0 Å². The molecule has 5 aliphatic rings. The first kappa shape index (κ1) is 18.0. The molecule has 1 heterocycles. The first-order valence-corrected chi connectivity index (χ1v) is 11.9. The molecule has 0 amide bonds. The first-order chi connectivity index (χ1) is 12.5. The summed E-state index contributed by atoms with van der Waals surface area (Å²) in [4.78, 5) is 2.86. The third kappa shape index (κ3) is 2.57. The summed E-state index contributed by atoms with van der Waals surface area (Å²) in [7, 11) is 0. The van der Waals surface area contributed by atoms with Gasteiger partial charge in [-0.2, -0.15) is 0 Å². The lowest BCUT2D eigenvalue weighted by Crippen LogP contribution is -2.56. The van der Waals surface area contributed by atoms with E-state index in [4.69, 9.17) is 0 Å². The molecule has 8 atom stereocenters. The quantitative estimate of drug-likeness (QED) is 0.691. The van der Waals surface area contributed by atoms with Gasteiger partial charge in [0, 0.05) is 6.04 Å². The summed E-state index contributed by atoms with van der Waals surface area (Å²) in [5, 5.41) is 10.6. The molecule has 0 bridgehead atoms. The highest BCUT2D eigenvalue weighted by Crippen LogP contribution is 2.66. The smallest absolute Gasteiger partial charge is 0.0596 e. The number of hydrogen-bond acceptors (Lipinski definition) is 2. The van der Waals surface area contributed by atoms with Crippen LogP contribution in [-0.4, -0.2) is 35.2 Å². The van der Waals surface area contributed by atoms with Crippen LogP contribution in [0.4, 0.5) is 0 Å². The van der Waals surface area contributed by atoms with Gasteiger partial charge >= 0.3 is 0 Å². The molecule has 0 aromatic carbocycles. The second-order valence-corrected chi connectivity index (χ2v) is 11.3. The van der Waals surface area contributed by atoms with Crippen LogP contribution in [0.5, 0.6) is 0 Å². The zero-order valence-electron chi connectivity index (χ0n) is 17.3. The number of likely N-dealkylation sites (tertiary alicyclic amines) is 1. The second-order valence-electron chi connectivity index (χ2n) is 11.3. The minimum atomic E-state index is -0.0196. The Morgan fingerprint density at radius 2 is 1.50 bits per heavy atom. The van der Waals surface area contributed by atoms with Crippen molar-refractivity contribution in [2.45, 2.75) is 103 Å². The number of rotatable bonds is 1. The molecule has 2 nitrogen and oxygen atoms in total. The van der Waals surface area contributed by atoms with Crippen molar-refractivity contribution in [1.29, 1.82) is 0 Å². The lowest BCUT2D eigenvalue weighted by Gasteiger charge is -2.61. The fourth-order valence-electron chi connectivity index (χ4n) is 8.82. The Morgan fingerprint density at radius 1 is 0.769 bits per heavy atom. The predicted octanol–water partition coefficient (Wildman–Crippen LogP) is 5.24. The van der Waals surface area contributed by atoms with Gasteiger partial charge < -0.3 is 10.0 Å². The molecule has 0 aromatic rings. The molecule has 0 spiro atoms. The summed E-state index contributed by atoms with van der Waals surface area (Å²) >= 11 is 0. The summed E-state index contributed by atoms with van der Waals surface area (Å²) in [6.07, 6.45) is 16.7. The molecule has 1 N–H and O–H groups in total. The van der Waals surface area contributed by atoms with E-state index in [0.29, 0.717) is 5.41 Å². The minimum Gasteiger partial charge on any atom is -0.393 e. The van der Waals surface area contributed by atoms with Crippen molar-refractivity contribution in [1.82, 2.24) is 4.90 Å². The topological polar surface area (TPSA) is 23.5 Å². The average molecular weight is 360 g/mol. The van der Waals surface area contributed by atoms with Crippen LogP contribution < -0.4 is 0 Å². The van der Waals surface area contributed by atoms with E-state index in [1.54, 1.807) is 0 Å². The van der Waals surface area contributed by atoms with Crippen LogP contribution >= 0.6 is 0 Å². The third-order valence-corrected chi connectivity index (χ3v) is 10.5. The maximum atomic E-state index is 10.6. The molecule has 5 fully saturated rings. The summed E-state index contributed by atoms with van der Waals surface area (Å²) in [5.41, 5.74) is 0.847. The Hall–Kier alpha value is -0.0800. The molecule has 26 heavy (non-hydrogen) atoms. The highest BCUT2D eigenvalue weighted by molar-refractivity contribution is 5.09. The van der Waals surface area contributed by atoms with Gasteiger partial charge in [-0.15, -0.1) is 0 Å². The van der Waals surface area contributed by atoms with Gasteiger partial charge in [-0.25, -0.2) is 0 Å². The van der Waals surface area contributed by atoms with Gasteiger partial charge in [0.2, 0.25) is 0 Å². The number of aliphatic hydroxyl groups is 1. The Labute approximate surface area is 161 Å². The minimum absolute atomic E-state index is 0.0196. The molecule has 2 heteroatoms. The molecule has 1 aliphatic heterocycles. The highest BCUT2D eigenvalue weighted by atomic mass is 16.3. The van der Waals surface area contributed by atoms with Crippen molar-refractivity contribution in [3.05, 3.63) is 0 Å². The third-order valence-electron chi connectivity index (χ3n) is 10.5. The van der Waals surface area contributed by atoms with E-state index in [-0.39, 0.29) is 11.5 Å². The van der Waals surface area contributed by atoms with E-state index in [2.05, 4.69) is 18.7 Å². The predicted molar refractivity (Wildman–Crippen MR) is 107 cm³/mol. The van der Waals surface area contributed by atoms with E-state index >= 15 is 0 Å². The molecule has 1 saturated heterocycles. The van der Waals surface area contributed by atoms with Crippen LogP contribution in [0.15, 0.2) is 0 Å². The Morgan fingerprint density at radius 3 is 2.31 bits per heavy atom. The summed E-state index contributed by atoms with van der Waals surface area (Å²) < 4.78 is 0. The van der Waals surface area contributed by atoms with Crippen molar-refractivity contribution in [2.24, 2.45) is 34.5 Å². The van der Waals surface area contributed by atoms with E-state index < -0.39 is 0 Å². The number of hydrogen-bond donors (Lipinski definition) is 1. The van der Waals surface area contributed by atoms with E-state index in [9.17, 15) is 5.11 Å². The average Bonchev–Trinajstić information content (AvgIpc) is 2.97. The van der Waals surface area contributed by atoms with Crippen LogP contribution in [0.3, 0.4) is 0 Å². The lowest BCUT2D eigenvalue weighted by molar-refractivity contribution is -0.129. The second kappa shape index (κ2) is 6.48. The number of nitrogens with zero attached hydrogens (tertiary/aromatic N) is 1. The highest BCUT2D eigenvalue weighted by Gasteiger charge is 2.60. The molecule has 4 saturated carbocycles. The van der Waals surface area contributed by atoms with Gasteiger partial charge in [-0.1, -0.05) is 20.3 Å². The Bertz CT molecular complexity index is 528. The molecule has 0 aromatic heterocycles. The summed E-state index contributed by atoms with van der Waals surface area (Å²) in [6.45, 7) is 7.86. The van der Waals surface area contributed by atoms with Gasteiger partial charge in [0.25, 0.3) is 0 Å². The van der Waals surface area contributed by atoms with E-state index in [1.165, 1.54) is 83.7 Å². The van der Waals surface area contributed by atoms with Gasteiger partial charge in [-0.05, 0) is 118 Å². The van der Waals surface area contributed by atoms with E-state index in [0.717, 1.165) is 36.1 Å². The van der Waals surface area contributed by atoms with Crippen molar-refractivity contribution < 1.29 is 5.11 Å². The fourth-order valence-corrected chi connectivity index (χ4v) is 8.82. The Balaban J connectivity index is 1.33. The summed E-state index contributed by atoms with van der Waals surface area (Å²) in [5.74, 6) is 3.65. The zero-order valence-corrected chi connectivity index (χ0v) is 17.3. The summed E-state index contributed by atoms with van der Waals surface area (Å²) in [6, 6.07) is 0.895. The molecule has 0 radical (unpaired) electrons. The van der Waals surface area contributed by atoms with Gasteiger partial charge in [0.05, 0.1) is 6.10 Å². The van der Waals surface area contributed by atoms with Crippen molar-refractivity contribution in [3.63, 3.8) is 0 Å². The molecule has 4 aliphatic carbocycles. The largest absolute Gasteiger partial charge is 0.393 e. The molecule has 148 valence electrons. The van der Waals surface area contributed by atoms with E-state index in [1.807, 2.05) is 0 Å². The Kier molecular flexibility index (Phi) is 4.48. The zero-order chi connectivity index (χ0) is 17.9.